The maximum absolute atomic E-state index is 10.9. The molecular weight excluding hydrogens is 340 g/mol. The molecule has 0 unspecified atom stereocenters. The standard InChI is InChI=1S/C18H19ClN4O2/c19-18-7-6-17(23(24)25)12-16(18)13-20-22-10-8-21(9-11-22)14-15-4-2-1-3-5-15/h1-7,12-13H,8-11,14H2/b20-13-. The highest BCUT2D eigenvalue weighted by atomic mass is 35.5. The lowest BCUT2D eigenvalue weighted by atomic mass is 10.2. The Morgan fingerprint density at radius 1 is 1.12 bits per heavy atom. The third-order valence-electron chi connectivity index (χ3n) is 4.15. The molecule has 130 valence electrons. The van der Waals surface area contributed by atoms with Gasteiger partial charge >= 0.3 is 0 Å². The second-order valence-electron chi connectivity index (χ2n) is 5.92. The van der Waals surface area contributed by atoms with Gasteiger partial charge in [-0.1, -0.05) is 41.9 Å². The Balaban J connectivity index is 1.56. The second kappa shape index (κ2) is 8.09. The van der Waals surface area contributed by atoms with E-state index in [0.717, 1.165) is 32.7 Å². The number of hydrogen-bond acceptors (Lipinski definition) is 5. The van der Waals surface area contributed by atoms with E-state index in [2.05, 4.69) is 34.3 Å². The first kappa shape index (κ1) is 17.4. The first-order valence-corrected chi connectivity index (χ1v) is 8.49. The van der Waals surface area contributed by atoms with Crippen molar-refractivity contribution >= 4 is 23.5 Å². The summed E-state index contributed by atoms with van der Waals surface area (Å²) in [5.74, 6) is 0. The quantitative estimate of drug-likeness (QED) is 0.467. The van der Waals surface area contributed by atoms with E-state index in [1.54, 1.807) is 6.21 Å². The van der Waals surface area contributed by atoms with E-state index < -0.39 is 4.92 Å². The normalized spacial score (nSPS) is 15.6. The molecule has 2 aromatic rings. The van der Waals surface area contributed by atoms with Crippen LogP contribution in [0.5, 0.6) is 0 Å². The summed E-state index contributed by atoms with van der Waals surface area (Å²) in [5.41, 5.74) is 1.88. The monoisotopic (exact) mass is 358 g/mol. The molecule has 0 amide bonds. The Morgan fingerprint density at radius 2 is 1.84 bits per heavy atom. The van der Waals surface area contributed by atoms with Crippen molar-refractivity contribution in [2.75, 3.05) is 26.2 Å². The number of nitro groups is 1. The van der Waals surface area contributed by atoms with Crippen LogP contribution in [0.1, 0.15) is 11.1 Å². The van der Waals surface area contributed by atoms with Crippen molar-refractivity contribution in [2.24, 2.45) is 5.10 Å². The first-order chi connectivity index (χ1) is 12.1. The number of nitro benzene ring substituents is 1. The molecular formula is C18H19ClN4O2. The van der Waals surface area contributed by atoms with Gasteiger partial charge in [-0.3, -0.25) is 20.0 Å². The van der Waals surface area contributed by atoms with Crippen LogP contribution < -0.4 is 0 Å². The summed E-state index contributed by atoms with van der Waals surface area (Å²) in [6.07, 6.45) is 1.60. The van der Waals surface area contributed by atoms with Gasteiger partial charge in [-0.25, -0.2) is 0 Å². The van der Waals surface area contributed by atoms with Crippen molar-refractivity contribution < 1.29 is 4.92 Å². The molecule has 1 aliphatic heterocycles. The number of non-ortho nitro benzene ring substituents is 1. The van der Waals surface area contributed by atoms with Crippen LogP contribution in [0.2, 0.25) is 5.02 Å². The van der Waals surface area contributed by atoms with Crippen molar-refractivity contribution in [3.05, 3.63) is 74.8 Å². The van der Waals surface area contributed by atoms with Crippen molar-refractivity contribution in [2.45, 2.75) is 6.54 Å². The number of rotatable bonds is 5. The average Bonchev–Trinajstić information content (AvgIpc) is 2.63. The minimum atomic E-state index is -0.435. The number of hydrazone groups is 1. The summed E-state index contributed by atoms with van der Waals surface area (Å²) in [5, 5.41) is 17.7. The Hall–Kier alpha value is -2.44. The van der Waals surface area contributed by atoms with Gasteiger partial charge in [-0.2, -0.15) is 5.10 Å². The summed E-state index contributed by atoms with van der Waals surface area (Å²) in [4.78, 5) is 12.8. The Labute approximate surface area is 151 Å². The van der Waals surface area contributed by atoms with Gasteiger partial charge in [-0.05, 0) is 11.6 Å². The molecule has 2 aromatic carbocycles. The van der Waals surface area contributed by atoms with Gasteiger partial charge in [0.1, 0.15) is 0 Å². The van der Waals surface area contributed by atoms with Crippen LogP contribution >= 0.6 is 11.6 Å². The van der Waals surface area contributed by atoms with E-state index in [1.165, 1.54) is 23.8 Å². The third kappa shape index (κ3) is 4.78. The van der Waals surface area contributed by atoms with E-state index in [9.17, 15) is 10.1 Å². The molecule has 0 saturated carbocycles. The largest absolute Gasteiger partial charge is 0.295 e. The first-order valence-electron chi connectivity index (χ1n) is 8.11. The van der Waals surface area contributed by atoms with Crippen LogP contribution in [-0.2, 0) is 6.54 Å². The predicted octanol–water partition coefficient (Wildman–Crippen LogP) is 3.40. The lowest BCUT2D eigenvalue weighted by molar-refractivity contribution is -0.384. The van der Waals surface area contributed by atoms with Gasteiger partial charge in [-0.15, -0.1) is 0 Å². The zero-order valence-electron chi connectivity index (χ0n) is 13.7. The SMILES string of the molecule is O=[N+]([O-])c1ccc(Cl)c(/C=N\N2CCN(Cc3ccccc3)CC2)c1. The zero-order chi connectivity index (χ0) is 17.6. The van der Waals surface area contributed by atoms with Gasteiger partial charge in [0.05, 0.1) is 11.1 Å². The van der Waals surface area contributed by atoms with Crippen LogP contribution in [0.4, 0.5) is 5.69 Å². The summed E-state index contributed by atoms with van der Waals surface area (Å²) in [6, 6.07) is 14.8. The minimum absolute atomic E-state index is 0.0125. The molecule has 0 spiro atoms. The molecule has 0 aromatic heterocycles. The van der Waals surface area contributed by atoms with E-state index in [0.29, 0.717) is 10.6 Å². The van der Waals surface area contributed by atoms with E-state index in [4.69, 9.17) is 11.6 Å². The number of nitrogens with zero attached hydrogens (tertiary/aromatic N) is 4. The topological polar surface area (TPSA) is 62.0 Å². The predicted molar refractivity (Wildman–Crippen MR) is 99.0 cm³/mol. The number of hydrogen-bond donors (Lipinski definition) is 0. The highest BCUT2D eigenvalue weighted by Crippen LogP contribution is 2.20. The molecule has 1 saturated heterocycles. The average molecular weight is 359 g/mol. The van der Waals surface area contributed by atoms with Gasteiger partial charge in [0.2, 0.25) is 0 Å². The van der Waals surface area contributed by atoms with Crippen LogP contribution in [0, 0.1) is 10.1 Å². The van der Waals surface area contributed by atoms with Gasteiger partial charge in [0.15, 0.2) is 0 Å². The highest BCUT2D eigenvalue weighted by Gasteiger charge is 2.15. The Kier molecular flexibility index (Phi) is 5.63. The van der Waals surface area contributed by atoms with Crippen LogP contribution in [-0.4, -0.2) is 47.2 Å². The Bertz CT molecular complexity index is 759. The van der Waals surface area contributed by atoms with Crippen molar-refractivity contribution in [3.63, 3.8) is 0 Å². The van der Waals surface area contributed by atoms with Crippen LogP contribution in [0.15, 0.2) is 53.6 Å². The van der Waals surface area contributed by atoms with Crippen molar-refractivity contribution in [3.8, 4) is 0 Å². The molecule has 0 atom stereocenters. The van der Waals surface area contributed by atoms with Crippen LogP contribution in [0.3, 0.4) is 0 Å². The lowest BCUT2D eigenvalue weighted by Gasteiger charge is -2.33. The fourth-order valence-electron chi connectivity index (χ4n) is 2.74. The molecule has 25 heavy (non-hydrogen) atoms. The molecule has 7 heteroatoms. The summed E-state index contributed by atoms with van der Waals surface area (Å²) >= 11 is 6.09. The van der Waals surface area contributed by atoms with E-state index in [1.807, 2.05) is 11.1 Å². The van der Waals surface area contributed by atoms with E-state index in [-0.39, 0.29) is 5.69 Å². The number of halogens is 1. The molecule has 1 heterocycles. The molecule has 6 nitrogen and oxygen atoms in total. The summed E-state index contributed by atoms with van der Waals surface area (Å²) in [6.45, 7) is 4.42. The zero-order valence-corrected chi connectivity index (χ0v) is 14.5. The van der Waals surface area contributed by atoms with Crippen molar-refractivity contribution in [1.82, 2.24) is 9.91 Å². The fourth-order valence-corrected chi connectivity index (χ4v) is 2.91. The van der Waals surface area contributed by atoms with Crippen molar-refractivity contribution in [1.29, 1.82) is 0 Å². The minimum Gasteiger partial charge on any atom is -0.295 e. The van der Waals surface area contributed by atoms with E-state index >= 15 is 0 Å². The number of piperazine rings is 1. The molecule has 0 aliphatic carbocycles. The second-order valence-corrected chi connectivity index (χ2v) is 6.33. The summed E-state index contributed by atoms with van der Waals surface area (Å²) < 4.78 is 0. The van der Waals surface area contributed by atoms with Gasteiger partial charge in [0, 0.05) is 55.4 Å². The maximum Gasteiger partial charge on any atom is 0.270 e. The molecule has 0 bridgehead atoms. The molecule has 3 rings (SSSR count). The molecule has 0 radical (unpaired) electrons. The van der Waals surface area contributed by atoms with Crippen LogP contribution in [0.25, 0.3) is 0 Å². The lowest BCUT2D eigenvalue weighted by Crippen LogP contribution is -2.43. The number of benzene rings is 2. The third-order valence-corrected chi connectivity index (χ3v) is 4.49. The molecule has 1 aliphatic rings. The Morgan fingerprint density at radius 3 is 2.52 bits per heavy atom. The molecule has 1 fully saturated rings. The highest BCUT2D eigenvalue weighted by molar-refractivity contribution is 6.33. The molecule has 0 N–H and O–H groups in total. The van der Waals surface area contributed by atoms with Gasteiger partial charge in [0.25, 0.3) is 5.69 Å². The van der Waals surface area contributed by atoms with Gasteiger partial charge < -0.3 is 0 Å². The summed E-state index contributed by atoms with van der Waals surface area (Å²) in [7, 11) is 0. The maximum atomic E-state index is 10.9. The smallest absolute Gasteiger partial charge is 0.270 e. The fraction of sp³-hybridized carbons (Fsp3) is 0.278.